The molecule has 1 heterocycles. The molecule has 0 fully saturated rings. The first-order valence-electron chi connectivity index (χ1n) is 8.33. The number of hydrogen-bond acceptors (Lipinski definition) is 5. The van der Waals surface area contributed by atoms with E-state index in [1.54, 1.807) is 26.8 Å². The minimum absolute atomic E-state index is 0.0403. The first-order valence-corrected chi connectivity index (χ1v) is 8.33. The lowest BCUT2D eigenvalue weighted by atomic mass is 9.99. The second-order valence-corrected chi connectivity index (χ2v) is 7.01. The Hall–Kier alpha value is -2.73. The van der Waals surface area contributed by atoms with Crippen molar-refractivity contribution >= 4 is 11.9 Å². The number of benzene rings is 1. The number of ether oxygens (including phenoxy) is 1. The van der Waals surface area contributed by atoms with Gasteiger partial charge in [-0.15, -0.1) is 0 Å². The van der Waals surface area contributed by atoms with E-state index in [1.807, 2.05) is 25.1 Å². The number of aromatic nitrogens is 1. The summed E-state index contributed by atoms with van der Waals surface area (Å²) in [6.45, 7) is 7.15. The maximum atomic E-state index is 12.4. The third-order valence-electron chi connectivity index (χ3n) is 3.70. The fraction of sp³-hybridized carbons (Fsp3) is 0.350. The molecule has 1 amide bonds. The number of aryl methyl sites for hydroxylation is 1. The minimum Gasteiger partial charge on any atom is -0.456 e. The SMILES string of the molecule is CNC(=O)c1cc(C(=O)OC(C)(C)C)cc(C(O)c2ccccc2C)n1. The largest absolute Gasteiger partial charge is 0.456 e. The fourth-order valence-electron chi connectivity index (χ4n) is 2.44. The number of pyridine rings is 1. The van der Waals surface area contributed by atoms with E-state index in [0.29, 0.717) is 5.56 Å². The Balaban J connectivity index is 2.51. The van der Waals surface area contributed by atoms with Crippen molar-refractivity contribution in [2.75, 3.05) is 7.05 Å². The number of aliphatic hydroxyl groups is 1. The molecule has 138 valence electrons. The number of nitrogens with zero attached hydrogens (tertiary/aromatic N) is 1. The van der Waals surface area contributed by atoms with E-state index in [0.717, 1.165) is 5.56 Å². The molecule has 1 unspecified atom stereocenters. The quantitative estimate of drug-likeness (QED) is 0.823. The van der Waals surface area contributed by atoms with Gasteiger partial charge in [0, 0.05) is 7.05 Å². The smallest absolute Gasteiger partial charge is 0.338 e. The molecule has 0 bridgehead atoms. The number of carbonyl (C=O) groups is 2. The van der Waals surface area contributed by atoms with E-state index < -0.39 is 23.6 Å². The zero-order chi connectivity index (χ0) is 19.5. The van der Waals surface area contributed by atoms with Crippen molar-refractivity contribution in [1.82, 2.24) is 10.3 Å². The standard InChI is InChI=1S/C20H24N2O4/c1-12-8-6-7-9-14(12)17(23)15-10-13(19(25)26-20(2,3)4)11-16(22-15)18(24)21-5/h6-11,17,23H,1-5H3,(H,21,24). The van der Waals surface area contributed by atoms with E-state index >= 15 is 0 Å². The summed E-state index contributed by atoms with van der Waals surface area (Å²) in [4.78, 5) is 28.7. The summed E-state index contributed by atoms with van der Waals surface area (Å²) in [5.74, 6) is -1.03. The number of nitrogens with one attached hydrogen (secondary N) is 1. The molecule has 0 radical (unpaired) electrons. The molecule has 0 saturated carbocycles. The molecule has 6 nitrogen and oxygen atoms in total. The Bertz CT molecular complexity index is 825. The molecule has 2 rings (SSSR count). The number of esters is 1. The minimum atomic E-state index is -1.07. The molecule has 6 heteroatoms. The first-order chi connectivity index (χ1) is 12.1. The Morgan fingerprint density at radius 1 is 1.19 bits per heavy atom. The summed E-state index contributed by atoms with van der Waals surface area (Å²) < 4.78 is 5.38. The lowest BCUT2D eigenvalue weighted by Crippen LogP contribution is -2.25. The number of hydrogen-bond donors (Lipinski definition) is 2. The number of amides is 1. The van der Waals surface area contributed by atoms with Crippen LogP contribution < -0.4 is 5.32 Å². The Morgan fingerprint density at radius 2 is 1.85 bits per heavy atom. The van der Waals surface area contributed by atoms with Crippen LogP contribution in [0.25, 0.3) is 0 Å². The molecule has 0 saturated heterocycles. The van der Waals surface area contributed by atoms with E-state index in [1.165, 1.54) is 19.2 Å². The van der Waals surface area contributed by atoms with Gasteiger partial charge in [-0.05, 0) is 51.0 Å². The molecule has 0 aliphatic rings. The third kappa shape index (κ3) is 4.67. The maximum Gasteiger partial charge on any atom is 0.338 e. The van der Waals surface area contributed by atoms with Crippen molar-refractivity contribution in [2.24, 2.45) is 0 Å². The molecule has 0 spiro atoms. The van der Waals surface area contributed by atoms with E-state index in [9.17, 15) is 14.7 Å². The lowest BCUT2D eigenvalue weighted by Gasteiger charge is -2.20. The van der Waals surface area contributed by atoms with Crippen LogP contribution >= 0.6 is 0 Å². The van der Waals surface area contributed by atoms with Gasteiger partial charge in [0.1, 0.15) is 17.4 Å². The Kier molecular flexibility index (Phi) is 5.77. The summed E-state index contributed by atoms with van der Waals surface area (Å²) in [5, 5.41) is 13.2. The van der Waals surface area contributed by atoms with Gasteiger partial charge in [-0.3, -0.25) is 4.79 Å². The average molecular weight is 356 g/mol. The number of rotatable bonds is 4. The molecular formula is C20H24N2O4. The highest BCUT2D eigenvalue weighted by atomic mass is 16.6. The zero-order valence-electron chi connectivity index (χ0n) is 15.7. The summed E-state index contributed by atoms with van der Waals surface area (Å²) >= 11 is 0. The van der Waals surface area contributed by atoms with Crippen LogP contribution in [0.5, 0.6) is 0 Å². The molecule has 2 aromatic rings. The van der Waals surface area contributed by atoms with Gasteiger partial charge < -0.3 is 15.2 Å². The fourth-order valence-corrected chi connectivity index (χ4v) is 2.44. The summed E-state index contributed by atoms with van der Waals surface area (Å²) in [5.41, 5.74) is 1.27. The van der Waals surface area contributed by atoms with Crippen LogP contribution in [-0.2, 0) is 4.74 Å². The number of carbonyl (C=O) groups excluding carboxylic acids is 2. The first kappa shape index (κ1) is 19.6. The van der Waals surface area contributed by atoms with E-state index in [-0.39, 0.29) is 17.0 Å². The van der Waals surface area contributed by atoms with Crippen molar-refractivity contribution in [3.63, 3.8) is 0 Å². The van der Waals surface area contributed by atoms with Gasteiger partial charge in [0.05, 0.1) is 11.3 Å². The van der Waals surface area contributed by atoms with Gasteiger partial charge in [0.2, 0.25) is 0 Å². The molecule has 1 aromatic carbocycles. The molecule has 0 aliphatic carbocycles. The van der Waals surface area contributed by atoms with Crippen LogP contribution in [0.2, 0.25) is 0 Å². The third-order valence-corrected chi connectivity index (χ3v) is 3.70. The van der Waals surface area contributed by atoms with Gasteiger partial charge in [-0.25, -0.2) is 9.78 Å². The van der Waals surface area contributed by atoms with Gasteiger partial charge in [0.25, 0.3) is 5.91 Å². The molecule has 1 atom stereocenters. The molecule has 0 aliphatic heterocycles. The summed E-state index contributed by atoms with van der Waals surface area (Å²) in [6.07, 6.45) is -1.07. The van der Waals surface area contributed by atoms with Crippen LogP contribution in [0, 0.1) is 6.92 Å². The molecular weight excluding hydrogens is 332 g/mol. The highest BCUT2D eigenvalue weighted by Gasteiger charge is 2.23. The lowest BCUT2D eigenvalue weighted by molar-refractivity contribution is 0.00691. The molecule has 26 heavy (non-hydrogen) atoms. The predicted molar refractivity (Wildman–Crippen MR) is 98.0 cm³/mol. The van der Waals surface area contributed by atoms with Crippen molar-refractivity contribution in [2.45, 2.75) is 39.4 Å². The average Bonchev–Trinajstić information content (AvgIpc) is 2.59. The van der Waals surface area contributed by atoms with Crippen molar-refractivity contribution in [3.8, 4) is 0 Å². The highest BCUT2D eigenvalue weighted by Crippen LogP contribution is 2.25. The van der Waals surface area contributed by atoms with Crippen LogP contribution in [0.4, 0.5) is 0 Å². The Morgan fingerprint density at radius 3 is 2.42 bits per heavy atom. The van der Waals surface area contributed by atoms with Gasteiger partial charge >= 0.3 is 5.97 Å². The van der Waals surface area contributed by atoms with Crippen LogP contribution in [0.15, 0.2) is 36.4 Å². The monoisotopic (exact) mass is 356 g/mol. The highest BCUT2D eigenvalue weighted by molar-refractivity contribution is 5.96. The van der Waals surface area contributed by atoms with Gasteiger partial charge in [0.15, 0.2) is 0 Å². The van der Waals surface area contributed by atoms with Crippen molar-refractivity contribution in [1.29, 1.82) is 0 Å². The molecule has 1 aromatic heterocycles. The van der Waals surface area contributed by atoms with Crippen LogP contribution in [-0.4, -0.2) is 34.6 Å². The maximum absolute atomic E-state index is 12.4. The Labute approximate surface area is 153 Å². The van der Waals surface area contributed by atoms with Crippen LogP contribution in [0.3, 0.4) is 0 Å². The predicted octanol–water partition coefficient (Wildman–Crippen LogP) is 2.79. The second kappa shape index (κ2) is 7.66. The number of aliphatic hydroxyl groups excluding tert-OH is 1. The topological polar surface area (TPSA) is 88.5 Å². The van der Waals surface area contributed by atoms with Gasteiger partial charge in [-0.1, -0.05) is 24.3 Å². The zero-order valence-corrected chi connectivity index (χ0v) is 15.7. The van der Waals surface area contributed by atoms with E-state index in [2.05, 4.69) is 10.3 Å². The summed E-state index contributed by atoms with van der Waals surface area (Å²) in [7, 11) is 1.47. The van der Waals surface area contributed by atoms with Crippen molar-refractivity contribution < 1.29 is 19.4 Å². The van der Waals surface area contributed by atoms with Crippen molar-refractivity contribution in [3.05, 3.63) is 64.5 Å². The second-order valence-electron chi connectivity index (χ2n) is 7.01. The molecule has 2 N–H and O–H groups in total. The van der Waals surface area contributed by atoms with E-state index in [4.69, 9.17) is 4.74 Å². The van der Waals surface area contributed by atoms with Crippen LogP contribution in [0.1, 0.15) is 64.5 Å². The normalized spacial score (nSPS) is 12.4. The summed E-state index contributed by atoms with van der Waals surface area (Å²) in [6, 6.07) is 10.1. The van der Waals surface area contributed by atoms with Gasteiger partial charge in [-0.2, -0.15) is 0 Å².